The lowest BCUT2D eigenvalue weighted by atomic mass is 10.2. The fraction of sp³-hybridized carbons (Fsp3) is 0.300. The van der Waals surface area contributed by atoms with Crippen molar-refractivity contribution in [2.45, 2.75) is 6.42 Å². The minimum atomic E-state index is -3.89. The van der Waals surface area contributed by atoms with Gasteiger partial charge >= 0.3 is 10.2 Å². The molecule has 2 aromatic carbocycles. The average Bonchev–Trinajstić information content (AvgIpc) is 3.36. The van der Waals surface area contributed by atoms with Crippen LogP contribution in [0.4, 0.5) is 14.5 Å². The van der Waals surface area contributed by atoms with Crippen LogP contribution in [-0.4, -0.2) is 35.4 Å². The van der Waals surface area contributed by atoms with Crippen LogP contribution in [0.25, 0.3) is 10.9 Å². The van der Waals surface area contributed by atoms with Gasteiger partial charge < -0.3 is 9.30 Å². The smallest absolute Gasteiger partial charge is 0.301 e. The van der Waals surface area contributed by atoms with E-state index < -0.39 is 38.9 Å². The lowest BCUT2D eigenvalue weighted by molar-refractivity contribution is 0.417. The first-order chi connectivity index (χ1) is 15.2. The summed E-state index contributed by atoms with van der Waals surface area (Å²) in [7, 11) is -2.48. The molecule has 1 aliphatic carbocycles. The molecule has 2 atom stereocenters. The van der Waals surface area contributed by atoms with Crippen molar-refractivity contribution in [3.8, 4) is 11.5 Å². The zero-order chi connectivity index (χ0) is 22.8. The number of nitrogens with one attached hydrogen (secondary N) is 1. The fourth-order valence-corrected chi connectivity index (χ4v) is 5.53. The van der Waals surface area contributed by atoms with E-state index in [-0.39, 0.29) is 21.6 Å². The van der Waals surface area contributed by atoms with Crippen molar-refractivity contribution in [3.05, 3.63) is 57.6 Å². The van der Waals surface area contributed by atoms with Crippen molar-refractivity contribution < 1.29 is 21.9 Å². The van der Waals surface area contributed by atoms with E-state index in [4.69, 9.17) is 16.3 Å². The normalized spacial score (nSPS) is 20.4. The van der Waals surface area contributed by atoms with Gasteiger partial charge in [-0.25, -0.2) is 13.8 Å². The molecule has 1 N–H and O–H groups in total. The summed E-state index contributed by atoms with van der Waals surface area (Å²) >= 11 is 6.23. The number of ether oxygens (including phenoxy) is 1. The Hall–Kier alpha value is -2.76. The highest BCUT2D eigenvalue weighted by Crippen LogP contribution is 2.46. The molecule has 0 amide bonds. The van der Waals surface area contributed by atoms with Gasteiger partial charge in [0.15, 0.2) is 23.1 Å². The van der Waals surface area contributed by atoms with Gasteiger partial charge in [0, 0.05) is 20.1 Å². The summed E-state index contributed by atoms with van der Waals surface area (Å²) in [5, 5.41) is -0.704. The number of nitrogens with zero attached hydrogens (tertiary/aromatic N) is 3. The van der Waals surface area contributed by atoms with Crippen LogP contribution in [0, 0.1) is 23.5 Å². The molecule has 0 spiro atoms. The monoisotopic (exact) mass is 482 g/mol. The van der Waals surface area contributed by atoms with E-state index in [9.17, 15) is 17.6 Å². The summed E-state index contributed by atoms with van der Waals surface area (Å²) in [6.45, 7) is 0.848. The lowest BCUT2D eigenvalue weighted by Gasteiger charge is -2.20. The van der Waals surface area contributed by atoms with Crippen LogP contribution in [0.2, 0.25) is 5.02 Å². The van der Waals surface area contributed by atoms with Crippen LogP contribution in [0.3, 0.4) is 0 Å². The molecule has 2 fully saturated rings. The van der Waals surface area contributed by atoms with Crippen LogP contribution in [0.1, 0.15) is 6.42 Å². The summed E-state index contributed by atoms with van der Waals surface area (Å²) in [6.07, 6.45) is 2.28. The van der Waals surface area contributed by atoms with Gasteiger partial charge in [-0.3, -0.25) is 9.52 Å². The number of halogens is 3. The largest absolute Gasteiger partial charge is 0.450 e. The highest BCUT2D eigenvalue weighted by molar-refractivity contribution is 7.90. The second kappa shape index (κ2) is 7.39. The van der Waals surface area contributed by atoms with Crippen molar-refractivity contribution >= 4 is 38.4 Å². The number of aromatic nitrogens is 2. The molecule has 12 heteroatoms. The molecule has 2 unspecified atom stereocenters. The molecule has 1 aromatic heterocycles. The van der Waals surface area contributed by atoms with Crippen LogP contribution >= 0.6 is 11.6 Å². The van der Waals surface area contributed by atoms with E-state index in [0.717, 1.165) is 23.1 Å². The topological polar surface area (TPSA) is 93.5 Å². The number of hydrogen-bond acceptors (Lipinski definition) is 5. The minimum absolute atomic E-state index is 0.106. The van der Waals surface area contributed by atoms with Crippen molar-refractivity contribution in [2.75, 3.05) is 17.8 Å². The Labute approximate surface area is 186 Å². The standard InChI is InChI=1S/C20H17ClF2N4O4S/c1-26-9-24-13-4-5-15(18(23)16(13)20(26)28)31-19-12(22)2-3-14(17(19)21)25-32(29,30)27-7-10-6-11(10)8-27/h2-5,9-11,25H,6-8H2,1H3. The first-order valence-electron chi connectivity index (χ1n) is 9.73. The number of anilines is 1. The molecule has 5 rings (SSSR count). The predicted molar refractivity (Wildman–Crippen MR) is 114 cm³/mol. The van der Waals surface area contributed by atoms with Gasteiger partial charge in [0.2, 0.25) is 0 Å². The Morgan fingerprint density at radius 2 is 1.91 bits per heavy atom. The van der Waals surface area contributed by atoms with Crippen LogP contribution in [0.5, 0.6) is 11.5 Å². The number of piperidine rings is 1. The average molecular weight is 483 g/mol. The molecule has 1 saturated heterocycles. The zero-order valence-electron chi connectivity index (χ0n) is 16.7. The maximum atomic E-state index is 15.0. The molecule has 1 saturated carbocycles. The molecule has 0 radical (unpaired) electrons. The number of benzene rings is 2. The molecular weight excluding hydrogens is 466 g/mol. The highest BCUT2D eigenvalue weighted by Gasteiger charge is 2.48. The zero-order valence-corrected chi connectivity index (χ0v) is 18.3. The summed E-state index contributed by atoms with van der Waals surface area (Å²) < 4.78 is 65.0. The third-order valence-corrected chi connectivity index (χ3v) is 7.61. The number of rotatable bonds is 5. The van der Waals surface area contributed by atoms with Crippen molar-refractivity contribution in [1.82, 2.24) is 13.9 Å². The summed E-state index contributed by atoms with van der Waals surface area (Å²) in [6, 6.07) is 4.66. The number of aryl methyl sites for hydroxylation is 1. The third kappa shape index (κ3) is 3.50. The second-order valence-electron chi connectivity index (χ2n) is 7.95. The van der Waals surface area contributed by atoms with E-state index >= 15 is 4.39 Å². The molecule has 1 aliphatic heterocycles. The van der Waals surface area contributed by atoms with E-state index in [0.29, 0.717) is 24.9 Å². The van der Waals surface area contributed by atoms with Gasteiger partial charge in [-0.1, -0.05) is 11.6 Å². The predicted octanol–water partition coefficient (Wildman–Crippen LogP) is 3.27. The third-order valence-electron chi connectivity index (χ3n) is 5.77. The molecule has 2 heterocycles. The van der Waals surface area contributed by atoms with E-state index in [2.05, 4.69) is 9.71 Å². The highest BCUT2D eigenvalue weighted by atomic mass is 35.5. The lowest BCUT2D eigenvalue weighted by Crippen LogP contribution is -2.35. The van der Waals surface area contributed by atoms with Gasteiger partial charge in [0.05, 0.1) is 17.5 Å². The molecule has 8 nitrogen and oxygen atoms in total. The van der Waals surface area contributed by atoms with Gasteiger partial charge in [0.25, 0.3) is 5.56 Å². The van der Waals surface area contributed by atoms with Crippen molar-refractivity contribution in [1.29, 1.82) is 0 Å². The minimum Gasteiger partial charge on any atom is -0.450 e. The fourth-order valence-electron chi connectivity index (χ4n) is 3.88. The molecule has 3 aromatic rings. The van der Waals surface area contributed by atoms with Gasteiger partial charge in [-0.05, 0) is 42.5 Å². The quantitative estimate of drug-likeness (QED) is 0.602. The molecule has 168 valence electrons. The summed E-state index contributed by atoms with van der Waals surface area (Å²) in [5.41, 5.74) is -0.646. The van der Waals surface area contributed by atoms with Gasteiger partial charge in [0.1, 0.15) is 10.4 Å². The van der Waals surface area contributed by atoms with Crippen molar-refractivity contribution in [2.24, 2.45) is 18.9 Å². The van der Waals surface area contributed by atoms with Crippen LogP contribution in [0.15, 0.2) is 35.4 Å². The Morgan fingerprint density at radius 1 is 1.19 bits per heavy atom. The van der Waals surface area contributed by atoms with Gasteiger partial charge in [-0.15, -0.1) is 0 Å². The number of hydrogen-bond donors (Lipinski definition) is 1. The van der Waals surface area contributed by atoms with E-state index in [1.54, 1.807) is 0 Å². The SMILES string of the molecule is Cn1cnc2ccc(Oc3c(F)ccc(NS(=O)(=O)N4CC5CC5C4)c3Cl)c(F)c2c1=O. The first kappa shape index (κ1) is 21.1. The molecular formula is C20H17ClF2N4O4S. The van der Waals surface area contributed by atoms with Crippen LogP contribution in [-0.2, 0) is 17.3 Å². The van der Waals surface area contributed by atoms with Gasteiger partial charge in [-0.2, -0.15) is 12.7 Å². The second-order valence-corrected chi connectivity index (χ2v) is 10.0. The Kier molecular flexibility index (Phi) is 4.88. The Bertz CT molecular complexity index is 1420. The molecule has 32 heavy (non-hydrogen) atoms. The Balaban J connectivity index is 1.49. The summed E-state index contributed by atoms with van der Waals surface area (Å²) in [4.78, 5) is 16.3. The van der Waals surface area contributed by atoms with Crippen molar-refractivity contribution in [3.63, 3.8) is 0 Å². The van der Waals surface area contributed by atoms with E-state index in [1.807, 2.05) is 0 Å². The van der Waals surface area contributed by atoms with Crippen LogP contribution < -0.4 is 15.0 Å². The maximum absolute atomic E-state index is 15.0. The van der Waals surface area contributed by atoms with E-state index in [1.165, 1.54) is 29.8 Å². The maximum Gasteiger partial charge on any atom is 0.301 e. The molecule has 0 bridgehead atoms. The Morgan fingerprint density at radius 3 is 2.62 bits per heavy atom. The molecule has 2 aliphatic rings. The number of fused-ring (bicyclic) bond motifs is 2. The summed E-state index contributed by atoms with van der Waals surface area (Å²) in [5.74, 6) is -2.23. The first-order valence-corrected chi connectivity index (χ1v) is 11.5.